The van der Waals surface area contributed by atoms with Gasteiger partial charge in [-0.2, -0.15) is 14.4 Å². The number of carbonyl (C=O) groups is 2. The van der Waals surface area contributed by atoms with E-state index in [1.165, 1.54) is 64.8 Å². The molecule has 10 heteroatoms. The Bertz CT molecular complexity index is 1170. The molecule has 1 unspecified atom stereocenters. The van der Waals surface area contributed by atoms with Crippen LogP contribution >= 0.6 is 0 Å². The number of nitrogens with zero attached hydrogens (tertiary/aromatic N) is 4. The normalized spacial score (nSPS) is 12.8. The van der Waals surface area contributed by atoms with E-state index in [0.29, 0.717) is 6.42 Å². The molecular formula is C34H54FN5O4. The van der Waals surface area contributed by atoms with E-state index >= 15 is 0 Å². The van der Waals surface area contributed by atoms with Gasteiger partial charge in [0.2, 0.25) is 5.91 Å². The predicted molar refractivity (Wildman–Crippen MR) is 172 cm³/mol. The van der Waals surface area contributed by atoms with Crippen LogP contribution in [0.2, 0.25) is 0 Å². The monoisotopic (exact) mass is 615 g/mol. The number of anilines is 1. The Kier molecular flexibility index (Phi) is 17.6. The van der Waals surface area contributed by atoms with E-state index < -0.39 is 11.7 Å². The fourth-order valence-electron chi connectivity index (χ4n) is 5.40. The van der Waals surface area contributed by atoms with Gasteiger partial charge in [0.15, 0.2) is 22.6 Å². The minimum absolute atomic E-state index is 0.0427. The number of aryl methyl sites for hydroxylation is 1. The molecule has 0 bridgehead atoms. The minimum Gasteiger partial charge on any atom is -0.461 e. The highest BCUT2D eigenvalue weighted by molar-refractivity contribution is 5.96. The zero-order valence-electron chi connectivity index (χ0n) is 27.5. The van der Waals surface area contributed by atoms with Gasteiger partial charge in [-0.1, -0.05) is 104 Å². The molecule has 0 radical (unpaired) electrons. The van der Waals surface area contributed by atoms with Crippen LogP contribution in [-0.4, -0.2) is 50.7 Å². The lowest BCUT2D eigenvalue weighted by Crippen LogP contribution is -2.38. The van der Waals surface area contributed by atoms with Gasteiger partial charge in [-0.15, -0.1) is 6.42 Å². The Morgan fingerprint density at radius 3 is 2.16 bits per heavy atom. The summed E-state index contributed by atoms with van der Waals surface area (Å²) in [7, 11) is 1.47. The summed E-state index contributed by atoms with van der Waals surface area (Å²) in [5.74, 6) is 2.00. The van der Waals surface area contributed by atoms with E-state index in [0.717, 1.165) is 44.9 Å². The second kappa shape index (κ2) is 20.8. The van der Waals surface area contributed by atoms with Crippen LogP contribution in [0.5, 0.6) is 0 Å². The molecule has 2 rings (SSSR count). The van der Waals surface area contributed by atoms with Gasteiger partial charge in [-0.05, 0) is 19.3 Å². The van der Waals surface area contributed by atoms with Crippen molar-refractivity contribution < 1.29 is 23.5 Å². The highest BCUT2D eigenvalue weighted by Gasteiger charge is 2.31. The molecule has 0 fully saturated rings. The van der Waals surface area contributed by atoms with Crippen LogP contribution in [0.25, 0.3) is 11.2 Å². The van der Waals surface area contributed by atoms with Crippen LogP contribution in [0.1, 0.15) is 130 Å². The van der Waals surface area contributed by atoms with Crippen molar-refractivity contribution >= 4 is 28.9 Å². The summed E-state index contributed by atoms with van der Waals surface area (Å²) in [5, 5.41) is 2.71. The zero-order valence-corrected chi connectivity index (χ0v) is 27.5. The van der Waals surface area contributed by atoms with Crippen LogP contribution < -0.4 is 5.32 Å². The molecule has 0 aliphatic heterocycles. The van der Waals surface area contributed by atoms with Crippen LogP contribution in [0, 0.1) is 24.3 Å². The molecule has 0 aromatic carbocycles. The van der Waals surface area contributed by atoms with Crippen molar-refractivity contribution in [2.24, 2.45) is 5.92 Å². The summed E-state index contributed by atoms with van der Waals surface area (Å²) in [5.41, 5.74) is -0.657. The number of nitrogens with one attached hydrogen (secondary N) is 1. The molecule has 0 saturated carbocycles. The van der Waals surface area contributed by atoms with Crippen molar-refractivity contribution in [2.45, 2.75) is 142 Å². The SMILES string of the molecule is C#CC(CCn1cnc2c(NC(=O)CCCCCCCCCCCCC)nc(F)nc21)(COC(=O)C(CCC)CCC)OC. The lowest BCUT2D eigenvalue weighted by molar-refractivity contribution is -0.156. The van der Waals surface area contributed by atoms with Crippen molar-refractivity contribution in [3.8, 4) is 12.3 Å². The fraction of sp³-hybridized carbons (Fsp3) is 0.735. The number of carbonyl (C=O) groups excluding carboxylic acids is 2. The molecule has 0 aliphatic rings. The van der Waals surface area contributed by atoms with E-state index in [4.69, 9.17) is 15.9 Å². The van der Waals surface area contributed by atoms with Crippen molar-refractivity contribution in [3.63, 3.8) is 0 Å². The Labute approximate surface area is 263 Å². The number of hydrogen-bond acceptors (Lipinski definition) is 7. The van der Waals surface area contributed by atoms with Crippen LogP contribution in [0.4, 0.5) is 10.2 Å². The zero-order chi connectivity index (χ0) is 32.2. The van der Waals surface area contributed by atoms with Crippen LogP contribution in [0.15, 0.2) is 6.33 Å². The first kappa shape index (κ1) is 37.1. The summed E-state index contributed by atoms with van der Waals surface area (Å²) in [6, 6.07) is 0. The minimum atomic E-state index is -1.17. The second-order valence-corrected chi connectivity index (χ2v) is 11.8. The van der Waals surface area contributed by atoms with Crippen molar-refractivity contribution in [1.29, 1.82) is 0 Å². The third-order valence-corrected chi connectivity index (χ3v) is 8.17. The first-order valence-electron chi connectivity index (χ1n) is 16.7. The molecular weight excluding hydrogens is 561 g/mol. The number of imidazole rings is 1. The molecule has 9 nitrogen and oxygen atoms in total. The average Bonchev–Trinajstić information content (AvgIpc) is 3.43. The number of rotatable bonds is 24. The molecule has 44 heavy (non-hydrogen) atoms. The third kappa shape index (κ3) is 12.5. The summed E-state index contributed by atoms with van der Waals surface area (Å²) in [6.45, 7) is 6.47. The van der Waals surface area contributed by atoms with E-state index in [1.54, 1.807) is 4.57 Å². The Hall–Kier alpha value is -3.06. The maximum atomic E-state index is 14.4. The number of unbranched alkanes of at least 4 members (excludes halogenated alkanes) is 10. The lowest BCUT2D eigenvalue weighted by atomic mass is 9.98. The largest absolute Gasteiger partial charge is 0.461 e. The molecule has 1 amide bonds. The van der Waals surface area contributed by atoms with Gasteiger partial charge in [0, 0.05) is 26.5 Å². The van der Waals surface area contributed by atoms with Gasteiger partial charge in [0.05, 0.1) is 12.2 Å². The van der Waals surface area contributed by atoms with Crippen molar-refractivity contribution in [2.75, 3.05) is 19.0 Å². The van der Waals surface area contributed by atoms with Gasteiger partial charge < -0.3 is 19.4 Å². The number of fused-ring (bicyclic) bond motifs is 1. The van der Waals surface area contributed by atoms with Gasteiger partial charge in [-0.3, -0.25) is 9.59 Å². The first-order chi connectivity index (χ1) is 21.3. The van der Waals surface area contributed by atoms with Gasteiger partial charge in [-0.25, -0.2) is 4.98 Å². The number of methoxy groups -OCH3 is 1. The fourth-order valence-corrected chi connectivity index (χ4v) is 5.40. The Balaban J connectivity index is 1.90. The van der Waals surface area contributed by atoms with E-state index in [-0.39, 0.29) is 54.3 Å². The van der Waals surface area contributed by atoms with Gasteiger partial charge in [0.1, 0.15) is 6.61 Å². The van der Waals surface area contributed by atoms with E-state index in [1.807, 2.05) is 13.8 Å². The van der Waals surface area contributed by atoms with Crippen molar-refractivity contribution in [3.05, 3.63) is 12.4 Å². The number of terminal acetylenes is 1. The highest BCUT2D eigenvalue weighted by atomic mass is 19.1. The van der Waals surface area contributed by atoms with Gasteiger partial charge >= 0.3 is 12.0 Å². The highest BCUT2D eigenvalue weighted by Crippen LogP contribution is 2.24. The van der Waals surface area contributed by atoms with E-state index in [2.05, 4.69) is 33.1 Å². The lowest BCUT2D eigenvalue weighted by Gasteiger charge is -2.27. The summed E-state index contributed by atoms with van der Waals surface area (Å²) < 4.78 is 27.3. The number of hydrogen-bond donors (Lipinski definition) is 1. The average molecular weight is 616 g/mol. The molecule has 1 N–H and O–H groups in total. The molecule has 2 aromatic rings. The smallest absolute Gasteiger partial charge is 0.312 e. The maximum absolute atomic E-state index is 14.4. The number of amides is 1. The van der Waals surface area contributed by atoms with E-state index in [9.17, 15) is 14.0 Å². The number of aromatic nitrogens is 4. The second-order valence-electron chi connectivity index (χ2n) is 11.8. The van der Waals surface area contributed by atoms with Crippen LogP contribution in [-0.2, 0) is 25.6 Å². The third-order valence-electron chi connectivity index (χ3n) is 8.17. The number of halogens is 1. The van der Waals surface area contributed by atoms with Crippen LogP contribution in [0.3, 0.4) is 0 Å². The Morgan fingerprint density at radius 1 is 0.977 bits per heavy atom. The summed E-state index contributed by atoms with van der Waals surface area (Å²) in [4.78, 5) is 37.4. The molecule has 2 heterocycles. The molecule has 0 aliphatic carbocycles. The standard InChI is InChI=1S/C34H54FN5O4/c1-6-10-11-12-13-14-15-16-17-18-19-22-28(41)37-30-29-31(39-33(35)38-30)40(26-36-29)24-23-34(9-4,43-5)25-44-32(42)27(20-7-2)21-8-3/h4,26-27H,6-8,10-25H2,1-3,5H3,(H,37,38,39,41). The molecule has 1 atom stereocenters. The van der Waals surface area contributed by atoms with Crippen molar-refractivity contribution in [1.82, 2.24) is 19.5 Å². The molecule has 0 spiro atoms. The molecule has 0 saturated heterocycles. The molecule has 2 aromatic heterocycles. The summed E-state index contributed by atoms with van der Waals surface area (Å²) in [6.07, 6.45) is 23.4. The first-order valence-corrected chi connectivity index (χ1v) is 16.7. The quantitative estimate of drug-likeness (QED) is 0.0556. The predicted octanol–water partition coefficient (Wildman–Crippen LogP) is 7.77. The number of esters is 1. The maximum Gasteiger partial charge on any atom is 0.312 e. The van der Waals surface area contributed by atoms with Gasteiger partial charge in [0.25, 0.3) is 0 Å². The number of ether oxygens (including phenoxy) is 2. The topological polar surface area (TPSA) is 108 Å². The summed E-state index contributed by atoms with van der Waals surface area (Å²) >= 11 is 0. The molecule has 246 valence electrons. The Morgan fingerprint density at radius 2 is 1.59 bits per heavy atom.